The Morgan fingerprint density at radius 1 is 0.356 bits per heavy atom. The summed E-state index contributed by atoms with van der Waals surface area (Å²) >= 11 is 0. The third-order valence-corrected chi connectivity index (χ3v) is 10.2. The lowest BCUT2D eigenvalue weighted by Gasteiger charge is -2.18. The summed E-state index contributed by atoms with van der Waals surface area (Å²) < 4.78 is 16.7. The smallest absolute Gasteiger partial charge is 0.306 e. The minimum Gasteiger partial charge on any atom is -0.462 e. The van der Waals surface area contributed by atoms with Gasteiger partial charge in [0.15, 0.2) is 6.10 Å². The highest BCUT2D eigenvalue weighted by atomic mass is 16.6. The molecule has 0 N–H and O–H groups in total. The lowest BCUT2D eigenvalue weighted by molar-refractivity contribution is -0.167. The molecule has 6 nitrogen and oxygen atoms in total. The Morgan fingerprint density at radius 2 is 0.695 bits per heavy atom. The third-order valence-electron chi connectivity index (χ3n) is 10.2. The summed E-state index contributed by atoms with van der Waals surface area (Å²) in [7, 11) is 0. The molecule has 59 heavy (non-hydrogen) atoms. The van der Waals surface area contributed by atoms with Crippen LogP contribution in [0.3, 0.4) is 0 Å². The first-order valence-electron chi connectivity index (χ1n) is 24.4. The van der Waals surface area contributed by atoms with Gasteiger partial charge in [-0.3, -0.25) is 14.4 Å². The Hall–Kier alpha value is -3.15. The van der Waals surface area contributed by atoms with E-state index in [9.17, 15) is 14.4 Å². The summed E-state index contributed by atoms with van der Waals surface area (Å²) in [4.78, 5) is 37.8. The van der Waals surface area contributed by atoms with Crippen LogP contribution in [0.2, 0.25) is 0 Å². The van der Waals surface area contributed by atoms with Crippen molar-refractivity contribution in [1.82, 2.24) is 0 Å². The van der Waals surface area contributed by atoms with Gasteiger partial charge in [-0.25, -0.2) is 0 Å². The van der Waals surface area contributed by atoms with E-state index in [1.54, 1.807) is 0 Å². The molecule has 0 radical (unpaired) electrons. The van der Waals surface area contributed by atoms with E-state index in [1.165, 1.54) is 89.9 Å². The number of rotatable bonds is 43. The summed E-state index contributed by atoms with van der Waals surface area (Å²) in [6.45, 7) is 6.42. The van der Waals surface area contributed by atoms with Gasteiger partial charge in [0.1, 0.15) is 13.2 Å². The highest BCUT2D eigenvalue weighted by Gasteiger charge is 2.19. The second-order valence-electron chi connectivity index (χ2n) is 16.0. The fourth-order valence-corrected chi connectivity index (χ4v) is 6.52. The van der Waals surface area contributed by atoms with Gasteiger partial charge in [0, 0.05) is 19.3 Å². The van der Waals surface area contributed by atoms with Crippen molar-refractivity contribution in [3.63, 3.8) is 0 Å². The molecule has 0 aromatic rings. The predicted molar refractivity (Wildman–Crippen MR) is 251 cm³/mol. The molecule has 0 fully saturated rings. The fourth-order valence-electron chi connectivity index (χ4n) is 6.52. The first kappa shape index (κ1) is 55.9. The second-order valence-corrected chi connectivity index (χ2v) is 16.0. The summed E-state index contributed by atoms with van der Waals surface area (Å²) in [6, 6.07) is 0. The van der Waals surface area contributed by atoms with Gasteiger partial charge in [-0.2, -0.15) is 0 Å². The van der Waals surface area contributed by atoms with E-state index in [-0.39, 0.29) is 37.5 Å². The van der Waals surface area contributed by atoms with Crippen LogP contribution < -0.4 is 0 Å². The van der Waals surface area contributed by atoms with Crippen molar-refractivity contribution in [3.05, 3.63) is 72.9 Å². The van der Waals surface area contributed by atoms with Crippen molar-refractivity contribution >= 4 is 17.9 Å². The highest BCUT2D eigenvalue weighted by molar-refractivity contribution is 5.71. The number of ether oxygens (including phenoxy) is 3. The topological polar surface area (TPSA) is 78.9 Å². The van der Waals surface area contributed by atoms with Crippen LogP contribution >= 0.6 is 0 Å². The van der Waals surface area contributed by atoms with E-state index >= 15 is 0 Å². The number of unbranched alkanes of at least 4 members (excludes halogenated alkanes) is 20. The zero-order chi connectivity index (χ0) is 43.0. The average Bonchev–Trinajstić information content (AvgIpc) is 3.23. The Morgan fingerprint density at radius 3 is 1.17 bits per heavy atom. The number of hydrogen-bond donors (Lipinski definition) is 0. The van der Waals surface area contributed by atoms with Crippen molar-refractivity contribution in [3.8, 4) is 0 Å². The summed E-state index contributed by atoms with van der Waals surface area (Å²) in [6.07, 6.45) is 58.9. The molecular weight excluding hydrogens is 733 g/mol. The molecule has 338 valence electrons. The number of carbonyl (C=O) groups is 3. The number of allylic oxidation sites excluding steroid dienone is 12. The zero-order valence-corrected chi connectivity index (χ0v) is 38.5. The molecule has 6 heteroatoms. The van der Waals surface area contributed by atoms with Crippen LogP contribution in [0.15, 0.2) is 72.9 Å². The second kappa shape index (κ2) is 47.5. The molecular formula is C53H90O6. The maximum atomic E-state index is 12.7. The summed E-state index contributed by atoms with van der Waals surface area (Å²) in [5, 5.41) is 0. The Kier molecular flexibility index (Phi) is 45.0. The van der Waals surface area contributed by atoms with Crippen LogP contribution in [0.1, 0.15) is 226 Å². The number of hydrogen-bond acceptors (Lipinski definition) is 6. The Labute approximate surface area is 363 Å². The lowest BCUT2D eigenvalue weighted by atomic mass is 10.0. The van der Waals surface area contributed by atoms with Gasteiger partial charge >= 0.3 is 17.9 Å². The molecule has 0 aromatic heterocycles. The van der Waals surface area contributed by atoms with Crippen LogP contribution in [0.5, 0.6) is 0 Å². The van der Waals surface area contributed by atoms with E-state index in [1.807, 2.05) is 0 Å². The Bertz CT molecular complexity index is 1130. The summed E-state index contributed by atoms with van der Waals surface area (Å²) in [5.74, 6) is -0.966. The number of carbonyl (C=O) groups excluding carboxylic acids is 3. The molecule has 0 spiro atoms. The molecule has 0 aromatic carbocycles. The van der Waals surface area contributed by atoms with Crippen molar-refractivity contribution in [2.24, 2.45) is 0 Å². The van der Waals surface area contributed by atoms with Crippen molar-refractivity contribution in [2.75, 3.05) is 13.2 Å². The van der Waals surface area contributed by atoms with Crippen molar-refractivity contribution in [1.29, 1.82) is 0 Å². The molecule has 0 bridgehead atoms. The lowest BCUT2D eigenvalue weighted by Crippen LogP contribution is -2.30. The minimum atomic E-state index is -0.797. The third kappa shape index (κ3) is 45.8. The fraction of sp³-hybridized carbons (Fsp3) is 0.717. The largest absolute Gasteiger partial charge is 0.462 e. The molecule has 0 heterocycles. The molecule has 0 saturated heterocycles. The molecule has 0 rings (SSSR count). The van der Waals surface area contributed by atoms with E-state index in [0.29, 0.717) is 19.3 Å². The average molecular weight is 823 g/mol. The van der Waals surface area contributed by atoms with Crippen molar-refractivity contribution < 1.29 is 28.6 Å². The SMILES string of the molecule is CC/C=C\C/C=C\C/C=C\C/C=C\C/C=C\CCCC(=O)OC[C@H](COC(=O)CCCCCCC/C=C\CCCC)OC(=O)CCCCCCCCCCCCCCC. The first-order chi connectivity index (χ1) is 29.0. The quantitative estimate of drug-likeness (QED) is 0.0264. The molecule has 0 aliphatic rings. The maximum Gasteiger partial charge on any atom is 0.306 e. The van der Waals surface area contributed by atoms with Crippen molar-refractivity contribution in [2.45, 2.75) is 232 Å². The van der Waals surface area contributed by atoms with Gasteiger partial charge in [-0.15, -0.1) is 0 Å². The first-order valence-corrected chi connectivity index (χ1v) is 24.4. The predicted octanol–water partition coefficient (Wildman–Crippen LogP) is 15.9. The molecule has 0 aliphatic carbocycles. The summed E-state index contributed by atoms with van der Waals surface area (Å²) in [5.41, 5.74) is 0. The zero-order valence-electron chi connectivity index (χ0n) is 38.5. The van der Waals surface area contributed by atoms with Gasteiger partial charge in [0.2, 0.25) is 0 Å². The molecule has 0 saturated carbocycles. The standard InChI is InChI=1S/C53H90O6/c1-4-7-10-13-16-19-22-24-25-26-27-29-31-34-37-40-43-46-52(55)58-49-50(48-57-51(54)45-42-39-36-33-30-21-18-15-12-9-6-3)59-53(56)47-44-41-38-35-32-28-23-20-17-14-11-8-5-2/h7,10,15-16,18-19,24-25,27,29,34,37,50H,4-6,8-9,11-14,17,20-23,26,28,30-33,35-36,38-49H2,1-3H3/b10-7-,18-15-,19-16-,25-24-,29-27-,37-34-/t50-/m0/s1. The Balaban J connectivity index is 4.47. The van der Waals surface area contributed by atoms with E-state index in [2.05, 4.69) is 93.7 Å². The normalized spacial score (nSPS) is 12.7. The molecule has 1 atom stereocenters. The van der Waals surface area contributed by atoms with Gasteiger partial charge in [0.05, 0.1) is 0 Å². The van der Waals surface area contributed by atoms with Gasteiger partial charge in [0.25, 0.3) is 0 Å². The van der Waals surface area contributed by atoms with Gasteiger partial charge < -0.3 is 14.2 Å². The molecule has 0 amide bonds. The molecule has 0 unspecified atom stereocenters. The van der Waals surface area contributed by atoms with Crippen LogP contribution in [0, 0.1) is 0 Å². The van der Waals surface area contributed by atoms with Gasteiger partial charge in [-0.05, 0) is 77.0 Å². The van der Waals surface area contributed by atoms with Crippen LogP contribution in [-0.4, -0.2) is 37.2 Å². The van der Waals surface area contributed by atoms with Crippen LogP contribution in [0.4, 0.5) is 0 Å². The van der Waals surface area contributed by atoms with E-state index in [0.717, 1.165) is 89.9 Å². The number of esters is 3. The van der Waals surface area contributed by atoms with E-state index in [4.69, 9.17) is 14.2 Å². The van der Waals surface area contributed by atoms with Gasteiger partial charge in [-0.1, -0.05) is 203 Å². The van der Waals surface area contributed by atoms with Crippen LogP contribution in [-0.2, 0) is 28.6 Å². The molecule has 0 aliphatic heterocycles. The maximum absolute atomic E-state index is 12.7. The highest BCUT2D eigenvalue weighted by Crippen LogP contribution is 2.14. The minimum absolute atomic E-state index is 0.0964. The monoisotopic (exact) mass is 823 g/mol. The van der Waals surface area contributed by atoms with Crippen LogP contribution in [0.25, 0.3) is 0 Å². The van der Waals surface area contributed by atoms with E-state index < -0.39 is 6.10 Å².